The molecule has 0 amide bonds. The molecule has 0 aliphatic rings. The SMILES string of the molecule is Cc1nc(=O)[nH]c2ccc(N(C)C)cc12. The minimum absolute atomic E-state index is 0.294. The molecular weight excluding hydrogens is 190 g/mol. The van der Waals surface area contributed by atoms with Gasteiger partial charge in [-0.05, 0) is 25.1 Å². The van der Waals surface area contributed by atoms with Gasteiger partial charge in [0.05, 0.1) is 11.2 Å². The van der Waals surface area contributed by atoms with Crippen LogP contribution in [0.5, 0.6) is 0 Å². The van der Waals surface area contributed by atoms with Crippen molar-refractivity contribution in [1.82, 2.24) is 9.97 Å². The van der Waals surface area contributed by atoms with Crippen molar-refractivity contribution in [3.63, 3.8) is 0 Å². The topological polar surface area (TPSA) is 49.0 Å². The number of aromatic amines is 1. The number of anilines is 1. The summed E-state index contributed by atoms with van der Waals surface area (Å²) in [6.07, 6.45) is 0. The highest BCUT2D eigenvalue weighted by Crippen LogP contribution is 2.19. The summed E-state index contributed by atoms with van der Waals surface area (Å²) in [6.45, 7) is 1.84. The molecule has 2 rings (SSSR count). The molecule has 78 valence electrons. The van der Waals surface area contributed by atoms with Gasteiger partial charge >= 0.3 is 5.69 Å². The minimum Gasteiger partial charge on any atom is -0.378 e. The predicted molar refractivity (Wildman–Crippen MR) is 61.4 cm³/mol. The van der Waals surface area contributed by atoms with E-state index in [4.69, 9.17) is 0 Å². The van der Waals surface area contributed by atoms with E-state index in [1.54, 1.807) is 0 Å². The van der Waals surface area contributed by atoms with Crippen LogP contribution >= 0.6 is 0 Å². The van der Waals surface area contributed by atoms with Crippen molar-refractivity contribution in [3.8, 4) is 0 Å². The highest BCUT2D eigenvalue weighted by molar-refractivity contribution is 5.84. The lowest BCUT2D eigenvalue weighted by Gasteiger charge is -2.13. The fourth-order valence-electron chi connectivity index (χ4n) is 1.57. The first-order valence-corrected chi connectivity index (χ1v) is 4.76. The van der Waals surface area contributed by atoms with Crippen LogP contribution in [0, 0.1) is 6.92 Å². The molecule has 4 heteroatoms. The molecule has 0 aliphatic carbocycles. The fraction of sp³-hybridized carbons (Fsp3) is 0.273. The molecule has 0 unspecified atom stereocenters. The molecule has 0 saturated carbocycles. The van der Waals surface area contributed by atoms with Crippen molar-refractivity contribution >= 4 is 16.6 Å². The summed E-state index contributed by atoms with van der Waals surface area (Å²) in [5, 5.41) is 0.987. The first-order chi connectivity index (χ1) is 7.08. The Morgan fingerprint density at radius 1 is 1.33 bits per heavy atom. The van der Waals surface area contributed by atoms with E-state index >= 15 is 0 Å². The zero-order valence-corrected chi connectivity index (χ0v) is 9.03. The van der Waals surface area contributed by atoms with E-state index < -0.39 is 0 Å². The van der Waals surface area contributed by atoms with E-state index in [0.29, 0.717) is 0 Å². The number of nitrogens with zero attached hydrogens (tertiary/aromatic N) is 2. The van der Waals surface area contributed by atoms with Crippen LogP contribution in [0.15, 0.2) is 23.0 Å². The van der Waals surface area contributed by atoms with E-state index in [1.807, 2.05) is 44.1 Å². The molecule has 0 fully saturated rings. The summed E-state index contributed by atoms with van der Waals surface area (Å²) in [5.74, 6) is 0. The zero-order valence-electron chi connectivity index (χ0n) is 9.03. The highest BCUT2D eigenvalue weighted by Gasteiger charge is 2.03. The summed E-state index contributed by atoms with van der Waals surface area (Å²) >= 11 is 0. The van der Waals surface area contributed by atoms with Gasteiger partial charge in [0.15, 0.2) is 0 Å². The van der Waals surface area contributed by atoms with Gasteiger partial charge < -0.3 is 9.88 Å². The van der Waals surface area contributed by atoms with Crippen LogP contribution < -0.4 is 10.6 Å². The summed E-state index contributed by atoms with van der Waals surface area (Å²) in [7, 11) is 3.96. The third kappa shape index (κ3) is 1.70. The quantitative estimate of drug-likeness (QED) is 0.760. The lowest BCUT2D eigenvalue weighted by Crippen LogP contribution is -2.12. The Morgan fingerprint density at radius 2 is 2.07 bits per heavy atom. The summed E-state index contributed by atoms with van der Waals surface area (Å²) in [6, 6.07) is 5.89. The van der Waals surface area contributed by atoms with Crippen LogP contribution in [0.2, 0.25) is 0 Å². The van der Waals surface area contributed by atoms with Crippen LogP contribution in [0.3, 0.4) is 0 Å². The van der Waals surface area contributed by atoms with Crippen molar-refractivity contribution in [2.75, 3.05) is 19.0 Å². The van der Waals surface area contributed by atoms with Crippen LogP contribution in [0.4, 0.5) is 5.69 Å². The van der Waals surface area contributed by atoms with Crippen LogP contribution in [-0.4, -0.2) is 24.1 Å². The van der Waals surface area contributed by atoms with Gasteiger partial charge in [0.2, 0.25) is 0 Å². The average Bonchev–Trinajstić information content (AvgIpc) is 2.16. The third-order valence-electron chi connectivity index (χ3n) is 2.42. The van der Waals surface area contributed by atoms with Crippen molar-refractivity contribution in [1.29, 1.82) is 0 Å². The smallest absolute Gasteiger partial charge is 0.345 e. The van der Waals surface area contributed by atoms with Crippen LogP contribution in [-0.2, 0) is 0 Å². The van der Waals surface area contributed by atoms with Gasteiger partial charge in [-0.25, -0.2) is 4.79 Å². The molecule has 0 bridgehead atoms. The zero-order chi connectivity index (χ0) is 11.0. The Hall–Kier alpha value is -1.84. The molecule has 0 saturated heterocycles. The number of fused-ring (bicyclic) bond motifs is 1. The van der Waals surface area contributed by atoms with Gasteiger partial charge in [-0.15, -0.1) is 0 Å². The maximum atomic E-state index is 11.1. The van der Waals surface area contributed by atoms with Gasteiger partial charge in [-0.2, -0.15) is 4.98 Å². The lowest BCUT2D eigenvalue weighted by molar-refractivity contribution is 1.07. The van der Waals surface area contributed by atoms with Gasteiger partial charge in [0.1, 0.15) is 0 Å². The minimum atomic E-state index is -0.294. The Morgan fingerprint density at radius 3 is 2.73 bits per heavy atom. The van der Waals surface area contributed by atoms with E-state index in [1.165, 1.54) is 0 Å². The summed E-state index contributed by atoms with van der Waals surface area (Å²) < 4.78 is 0. The van der Waals surface area contributed by atoms with Gasteiger partial charge in [-0.1, -0.05) is 0 Å². The number of hydrogen-bond donors (Lipinski definition) is 1. The second kappa shape index (κ2) is 3.38. The Labute approximate surface area is 87.6 Å². The van der Waals surface area contributed by atoms with Crippen molar-refractivity contribution < 1.29 is 0 Å². The monoisotopic (exact) mass is 203 g/mol. The van der Waals surface area contributed by atoms with Crippen LogP contribution in [0.25, 0.3) is 10.9 Å². The molecule has 1 N–H and O–H groups in total. The molecule has 1 aromatic heterocycles. The largest absolute Gasteiger partial charge is 0.378 e. The second-order valence-corrected chi connectivity index (χ2v) is 3.75. The van der Waals surface area contributed by atoms with E-state index in [0.717, 1.165) is 22.3 Å². The number of hydrogen-bond acceptors (Lipinski definition) is 3. The maximum absolute atomic E-state index is 11.1. The first-order valence-electron chi connectivity index (χ1n) is 4.76. The number of aromatic nitrogens is 2. The molecule has 0 aliphatic heterocycles. The lowest BCUT2D eigenvalue weighted by atomic mass is 10.1. The molecule has 1 heterocycles. The predicted octanol–water partition coefficient (Wildman–Crippen LogP) is 1.30. The number of benzene rings is 1. The number of H-pyrrole nitrogens is 1. The summed E-state index contributed by atoms with van der Waals surface area (Å²) in [4.78, 5) is 19.7. The Balaban J connectivity index is 2.77. The third-order valence-corrected chi connectivity index (χ3v) is 2.42. The molecule has 15 heavy (non-hydrogen) atoms. The number of rotatable bonds is 1. The average molecular weight is 203 g/mol. The number of aryl methyl sites for hydroxylation is 1. The van der Waals surface area contributed by atoms with E-state index in [9.17, 15) is 4.79 Å². The molecule has 0 atom stereocenters. The molecule has 0 radical (unpaired) electrons. The molecule has 1 aromatic carbocycles. The standard InChI is InChI=1S/C11H13N3O/c1-7-9-6-8(14(2)3)4-5-10(9)13-11(15)12-7/h4-6H,1-3H3,(H,12,13,15). The van der Waals surface area contributed by atoms with Gasteiger partial charge in [0.25, 0.3) is 0 Å². The fourth-order valence-corrected chi connectivity index (χ4v) is 1.57. The van der Waals surface area contributed by atoms with E-state index in [-0.39, 0.29) is 5.69 Å². The molecule has 2 aromatic rings. The van der Waals surface area contributed by atoms with Gasteiger partial charge in [-0.3, -0.25) is 0 Å². The van der Waals surface area contributed by atoms with Gasteiger partial charge in [0, 0.05) is 25.2 Å². The van der Waals surface area contributed by atoms with Crippen molar-refractivity contribution in [3.05, 3.63) is 34.4 Å². The summed E-state index contributed by atoms with van der Waals surface area (Å²) in [5.41, 5.74) is 2.40. The molecule has 4 nitrogen and oxygen atoms in total. The second-order valence-electron chi connectivity index (χ2n) is 3.75. The molecular formula is C11H13N3O. The van der Waals surface area contributed by atoms with E-state index in [2.05, 4.69) is 9.97 Å². The first kappa shape index (κ1) is 9.71. The normalized spacial score (nSPS) is 10.6. The Kier molecular flexibility index (Phi) is 2.19. The Bertz CT molecular complexity index is 557. The number of nitrogens with one attached hydrogen (secondary N) is 1. The van der Waals surface area contributed by atoms with Crippen LogP contribution in [0.1, 0.15) is 5.69 Å². The van der Waals surface area contributed by atoms with Crippen molar-refractivity contribution in [2.24, 2.45) is 0 Å². The maximum Gasteiger partial charge on any atom is 0.345 e. The highest BCUT2D eigenvalue weighted by atomic mass is 16.1. The molecule has 0 spiro atoms. The van der Waals surface area contributed by atoms with Crippen molar-refractivity contribution in [2.45, 2.75) is 6.92 Å².